The van der Waals surface area contributed by atoms with E-state index in [2.05, 4.69) is 32.3 Å². The highest BCUT2D eigenvalue weighted by Gasteiger charge is 2.14. The van der Waals surface area contributed by atoms with Gasteiger partial charge in [0, 0.05) is 42.4 Å². The van der Waals surface area contributed by atoms with E-state index in [1.807, 2.05) is 44.2 Å². The second-order valence-electron chi connectivity index (χ2n) is 8.47. The van der Waals surface area contributed by atoms with Crippen molar-refractivity contribution in [1.82, 2.24) is 15.0 Å². The highest BCUT2D eigenvalue weighted by Crippen LogP contribution is 2.30. The number of H-pyrrole nitrogens is 1. The zero-order valence-corrected chi connectivity index (χ0v) is 19.2. The zero-order chi connectivity index (χ0) is 23.5. The summed E-state index contributed by atoms with van der Waals surface area (Å²) in [5.74, 6) is 1.16. The number of ether oxygens (including phenoxy) is 2. The second kappa shape index (κ2) is 9.52. The highest BCUT2D eigenvalue weighted by molar-refractivity contribution is 5.95. The Bertz CT molecular complexity index is 1340. The number of nitrogens with zero attached hydrogens (tertiary/aromatic N) is 3. The lowest BCUT2D eigenvalue weighted by Gasteiger charge is -2.28. The number of hydrogen-bond acceptors (Lipinski definition) is 7. The van der Waals surface area contributed by atoms with E-state index in [-0.39, 0.29) is 11.7 Å². The maximum Gasteiger partial charge on any atom is 0.259 e. The largest absolute Gasteiger partial charge is 0.489 e. The number of nitrogens with one attached hydrogen (secondary N) is 2. The fraction of sp³-hybridized carbons (Fsp3) is 0.269. The van der Waals surface area contributed by atoms with Crippen molar-refractivity contribution in [2.24, 2.45) is 0 Å². The quantitative estimate of drug-likeness (QED) is 0.445. The van der Waals surface area contributed by atoms with E-state index in [9.17, 15) is 4.79 Å². The Morgan fingerprint density at radius 3 is 2.65 bits per heavy atom. The maximum absolute atomic E-state index is 12.7. The predicted molar refractivity (Wildman–Crippen MR) is 134 cm³/mol. The van der Waals surface area contributed by atoms with E-state index >= 15 is 0 Å². The minimum Gasteiger partial charge on any atom is -0.489 e. The Labute approximate surface area is 197 Å². The van der Waals surface area contributed by atoms with Gasteiger partial charge in [0.1, 0.15) is 11.6 Å². The average molecular weight is 458 g/mol. The lowest BCUT2D eigenvalue weighted by Crippen LogP contribution is -2.36. The van der Waals surface area contributed by atoms with Gasteiger partial charge in [-0.3, -0.25) is 9.78 Å². The zero-order valence-electron chi connectivity index (χ0n) is 19.2. The summed E-state index contributed by atoms with van der Waals surface area (Å²) < 4.78 is 11.2. The summed E-state index contributed by atoms with van der Waals surface area (Å²) in [4.78, 5) is 26.9. The summed E-state index contributed by atoms with van der Waals surface area (Å²) >= 11 is 0. The van der Waals surface area contributed by atoms with E-state index in [1.54, 1.807) is 18.6 Å². The highest BCUT2D eigenvalue weighted by atomic mass is 16.5. The van der Waals surface area contributed by atoms with Gasteiger partial charge in [-0.15, -0.1) is 0 Å². The van der Waals surface area contributed by atoms with Crippen LogP contribution in [0.3, 0.4) is 0 Å². The first-order valence-corrected chi connectivity index (χ1v) is 11.4. The minimum absolute atomic E-state index is 0.0397. The SMILES string of the molecule is CC(C)Oc1cncc(-c2cc3cc[nH]c(=O)c3c(Nc3ccc(N4CCOCC4)cc3)n2)c1. The van der Waals surface area contributed by atoms with Crippen LogP contribution in [0, 0.1) is 0 Å². The number of anilines is 3. The number of hydrogen-bond donors (Lipinski definition) is 2. The molecule has 0 spiro atoms. The molecule has 5 rings (SSSR count). The summed E-state index contributed by atoms with van der Waals surface area (Å²) in [5.41, 5.74) is 3.31. The van der Waals surface area contributed by atoms with E-state index < -0.39 is 0 Å². The maximum atomic E-state index is 12.7. The van der Waals surface area contributed by atoms with Gasteiger partial charge in [0.05, 0.1) is 36.6 Å². The van der Waals surface area contributed by atoms with Crippen molar-refractivity contribution < 1.29 is 9.47 Å². The molecule has 0 unspecified atom stereocenters. The van der Waals surface area contributed by atoms with E-state index in [4.69, 9.17) is 14.5 Å². The van der Waals surface area contributed by atoms with Crippen molar-refractivity contribution in [2.75, 3.05) is 36.5 Å². The van der Waals surface area contributed by atoms with Crippen LogP contribution in [0.4, 0.5) is 17.2 Å². The molecule has 1 fully saturated rings. The number of morpholine rings is 1. The fourth-order valence-electron chi connectivity index (χ4n) is 4.06. The van der Waals surface area contributed by atoms with Crippen LogP contribution < -0.4 is 20.5 Å². The first-order valence-electron chi connectivity index (χ1n) is 11.4. The molecule has 3 aromatic heterocycles. The Hall–Kier alpha value is -3.91. The molecule has 8 nitrogen and oxygen atoms in total. The normalized spacial score (nSPS) is 13.9. The number of pyridine rings is 3. The van der Waals surface area contributed by atoms with Crippen LogP contribution in [0.5, 0.6) is 5.75 Å². The minimum atomic E-state index is -0.195. The molecule has 0 saturated carbocycles. The molecule has 1 aromatic carbocycles. The Morgan fingerprint density at radius 1 is 1.09 bits per heavy atom. The Morgan fingerprint density at radius 2 is 1.88 bits per heavy atom. The van der Waals surface area contributed by atoms with Gasteiger partial charge >= 0.3 is 0 Å². The Kier molecular flexibility index (Phi) is 6.14. The van der Waals surface area contributed by atoms with Crippen LogP contribution >= 0.6 is 0 Å². The third-order valence-electron chi connectivity index (χ3n) is 5.64. The molecule has 1 aliphatic rings. The second-order valence-corrected chi connectivity index (χ2v) is 8.47. The third-order valence-corrected chi connectivity index (χ3v) is 5.64. The lowest BCUT2D eigenvalue weighted by molar-refractivity contribution is 0.122. The van der Waals surface area contributed by atoms with Gasteiger partial charge in [0.25, 0.3) is 5.56 Å². The molecule has 0 aliphatic carbocycles. The van der Waals surface area contributed by atoms with E-state index in [0.717, 1.165) is 48.6 Å². The molecule has 34 heavy (non-hydrogen) atoms. The average Bonchev–Trinajstić information content (AvgIpc) is 2.85. The molecule has 1 saturated heterocycles. The summed E-state index contributed by atoms with van der Waals surface area (Å²) in [6.45, 7) is 7.18. The van der Waals surface area contributed by atoms with Crippen molar-refractivity contribution in [2.45, 2.75) is 20.0 Å². The molecule has 2 N–H and O–H groups in total. The fourth-order valence-corrected chi connectivity index (χ4v) is 4.06. The number of rotatable bonds is 6. The summed E-state index contributed by atoms with van der Waals surface area (Å²) in [7, 11) is 0. The van der Waals surface area contributed by atoms with E-state index in [1.165, 1.54) is 0 Å². The van der Waals surface area contributed by atoms with Gasteiger partial charge in [-0.05, 0) is 61.7 Å². The molecule has 0 radical (unpaired) electrons. The smallest absolute Gasteiger partial charge is 0.259 e. The molecule has 4 heterocycles. The summed E-state index contributed by atoms with van der Waals surface area (Å²) in [6, 6.07) is 13.8. The van der Waals surface area contributed by atoms with E-state index in [0.29, 0.717) is 22.6 Å². The van der Waals surface area contributed by atoms with Crippen LogP contribution in [0.1, 0.15) is 13.8 Å². The van der Waals surface area contributed by atoms with Gasteiger partial charge in [-0.1, -0.05) is 0 Å². The van der Waals surface area contributed by atoms with Crippen LogP contribution in [0.15, 0.2) is 65.8 Å². The molecular formula is C26H27N5O3. The van der Waals surface area contributed by atoms with Gasteiger partial charge in [0.15, 0.2) is 0 Å². The number of aromatic nitrogens is 3. The van der Waals surface area contributed by atoms with Crippen molar-refractivity contribution >= 4 is 28.0 Å². The van der Waals surface area contributed by atoms with Gasteiger partial charge in [-0.25, -0.2) is 4.98 Å². The topological polar surface area (TPSA) is 92.4 Å². The molecule has 4 aromatic rings. The van der Waals surface area contributed by atoms with Crippen molar-refractivity contribution in [1.29, 1.82) is 0 Å². The predicted octanol–water partition coefficient (Wildman–Crippen LogP) is 4.35. The number of aromatic amines is 1. The standard InChI is InChI=1S/C26H27N5O3/c1-17(2)34-22-13-19(15-27-16-22)23-14-18-7-8-28-26(32)24(18)25(30-23)29-20-3-5-21(6-4-20)31-9-11-33-12-10-31/h3-8,13-17H,9-12H2,1-2H3,(H,28,32)(H,29,30). The number of fused-ring (bicyclic) bond motifs is 1. The molecular weight excluding hydrogens is 430 g/mol. The third kappa shape index (κ3) is 4.72. The van der Waals surface area contributed by atoms with Gasteiger partial charge in [0.2, 0.25) is 0 Å². The van der Waals surface area contributed by atoms with Crippen molar-refractivity contribution in [3.63, 3.8) is 0 Å². The van der Waals surface area contributed by atoms with Crippen molar-refractivity contribution in [3.05, 3.63) is 71.4 Å². The molecule has 8 heteroatoms. The first-order chi connectivity index (χ1) is 16.6. The molecule has 1 aliphatic heterocycles. The van der Waals surface area contributed by atoms with Crippen LogP contribution in [-0.2, 0) is 4.74 Å². The first kappa shape index (κ1) is 21.9. The van der Waals surface area contributed by atoms with Crippen molar-refractivity contribution in [3.8, 4) is 17.0 Å². The summed E-state index contributed by atoms with van der Waals surface area (Å²) in [5, 5.41) is 4.64. The van der Waals surface area contributed by atoms with Gasteiger partial charge < -0.3 is 24.7 Å². The summed E-state index contributed by atoms with van der Waals surface area (Å²) in [6.07, 6.45) is 5.11. The monoisotopic (exact) mass is 457 g/mol. The molecule has 0 bridgehead atoms. The van der Waals surface area contributed by atoms with Gasteiger partial charge in [-0.2, -0.15) is 0 Å². The lowest BCUT2D eigenvalue weighted by atomic mass is 10.1. The van der Waals surface area contributed by atoms with Crippen LogP contribution in [-0.4, -0.2) is 47.4 Å². The molecule has 0 amide bonds. The van der Waals surface area contributed by atoms with Crippen LogP contribution in [0.2, 0.25) is 0 Å². The Balaban J connectivity index is 1.51. The molecule has 174 valence electrons. The molecule has 0 atom stereocenters. The van der Waals surface area contributed by atoms with Crippen LogP contribution in [0.25, 0.3) is 22.0 Å². The number of benzene rings is 1.